The molecule has 1 unspecified atom stereocenters. The maximum atomic E-state index is 12.3. The van der Waals surface area contributed by atoms with Crippen molar-refractivity contribution >= 4 is 11.8 Å². The zero-order chi connectivity index (χ0) is 14.8. The van der Waals surface area contributed by atoms with Gasteiger partial charge in [0, 0.05) is 13.1 Å². The molecule has 6 heteroatoms. The Kier molecular flexibility index (Phi) is 4.01. The first kappa shape index (κ1) is 14.2. The van der Waals surface area contributed by atoms with Gasteiger partial charge >= 0.3 is 0 Å². The van der Waals surface area contributed by atoms with Crippen molar-refractivity contribution in [3.05, 3.63) is 35.4 Å². The molecule has 1 aromatic carbocycles. The van der Waals surface area contributed by atoms with Gasteiger partial charge in [-0.25, -0.2) is 4.84 Å². The summed E-state index contributed by atoms with van der Waals surface area (Å²) in [5.41, 5.74) is 0.804. The SMILES string of the molecule is CCC(ON1C(=O)c2ccccc2C1=O)N1CCOCC1. The number of carbonyl (C=O) groups excluding carboxylic acids is 2. The monoisotopic (exact) mass is 290 g/mol. The van der Waals surface area contributed by atoms with Crippen molar-refractivity contribution in [3.8, 4) is 0 Å². The number of fused-ring (bicyclic) bond motifs is 1. The second kappa shape index (κ2) is 5.93. The second-order valence-corrected chi connectivity index (χ2v) is 5.07. The van der Waals surface area contributed by atoms with Crippen molar-refractivity contribution in [2.24, 2.45) is 0 Å². The van der Waals surface area contributed by atoms with Gasteiger partial charge in [0.1, 0.15) is 6.23 Å². The minimum Gasteiger partial charge on any atom is -0.379 e. The summed E-state index contributed by atoms with van der Waals surface area (Å²) < 4.78 is 5.31. The van der Waals surface area contributed by atoms with Crippen LogP contribution in [0.3, 0.4) is 0 Å². The van der Waals surface area contributed by atoms with E-state index in [0.717, 1.165) is 18.2 Å². The highest BCUT2D eigenvalue weighted by Gasteiger charge is 2.38. The third-order valence-corrected chi connectivity index (χ3v) is 3.79. The molecule has 1 atom stereocenters. The molecule has 2 aliphatic heterocycles. The summed E-state index contributed by atoms with van der Waals surface area (Å²) in [6.07, 6.45) is 0.393. The lowest BCUT2D eigenvalue weighted by atomic mass is 10.1. The van der Waals surface area contributed by atoms with Crippen LogP contribution in [-0.4, -0.2) is 54.3 Å². The fourth-order valence-corrected chi connectivity index (χ4v) is 2.65. The third kappa shape index (κ3) is 2.57. The molecule has 0 radical (unpaired) electrons. The predicted octanol–water partition coefficient (Wildman–Crippen LogP) is 1.28. The largest absolute Gasteiger partial charge is 0.379 e. The number of hydroxylamine groups is 2. The van der Waals surface area contributed by atoms with Gasteiger partial charge in [-0.15, -0.1) is 5.06 Å². The average molecular weight is 290 g/mol. The quantitative estimate of drug-likeness (QED) is 0.782. The summed E-state index contributed by atoms with van der Waals surface area (Å²) in [6.45, 7) is 4.73. The molecule has 0 aliphatic carbocycles. The molecule has 2 aliphatic rings. The van der Waals surface area contributed by atoms with E-state index in [-0.39, 0.29) is 18.0 Å². The van der Waals surface area contributed by atoms with E-state index in [1.807, 2.05) is 6.92 Å². The fourth-order valence-electron chi connectivity index (χ4n) is 2.65. The molecule has 21 heavy (non-hydrogen) atoms. The van der Waals surface area contributed by atoms with Crippen molar-refractivity contribution in [3.63, 3.8) is 0 Å². The highest BCUT2D eigenvalue weighted by atomic mass is 16.7. The Hall–Kier alpha value is -1.76. The van der Waals surface area contributed by atoms with Crippen molar-refractivity contribution in [1.29, 1.82) is 0 Å². The van der Waals surface area contributed by atoms with Crippen LogP contribution in [0.5, 0.6) is 0 Å². The van der Waals surface area contributed by atoms with Crippen LogP contribution < -0.4 is 0 Å². The molecule has 1 aromatic rings. The van der Waals surface area contributed by atoms with E-state index in [0.29, 0.717) is 30.8 Å². The fraction of sp³-hybridized carbons (Fsp3) is 0.467. The Morgan fingerprint density at radius 3 is 2.24 bits per heavy atom. The standard InChI is InChI=1S/C15H18N2O4/c1-2-13(16-7-9-20-10-8-16)21-17-14(18)11-5-3-4-6-12(11)15(17)19/h3-6,13H,2,7-10H2,1H3. The van der Waals surface area contributed by atoms with E-state index in [4.69, 9.17) is 9.57 Å². The Morgan fingerprint density at radius 2 is 1.71 bits per heavy atom. The third-order valence-electron chi connectivity index (χ3n) is 3.79. The molecular weight excluding hydrogens is 272 g/mol. The van der Waals surface area contributed by atoms with Gasteiger partial charge < -0.3 is 4.74 Å². The molecular formula is C15H18N2O4. The molecule has 1 fully saturated rings. The van der Waals surface area contributed by atoms with Crippen LogP contribution >= 0.6 is 0 Å². The number of nitrogens with zero attached hydrogens (tertiary/aromatic N) is 2. The summed E-state index contributed by atoms with van der Waals surface area (Å²) in [5.74, 6) is -0.774. The Morgan fingerprint density at radius 1 is 1.14 bits per heavy atom. The van der Waals surface area contributed by atoms with E-state index in [1.165, 1.54) is 0 Å². The summed E-state index contributed by atoms with van der Waals surface area (Å²) in [4.78, 5) is 32.4. The topological polar surface area (TPSA) is 59.1 Å². The molecule has 112 valence electrons. The summed E-state index contributed by atoms with van der Waals surface area (Å²) in [6, 6.07) is 6.78. The number of amides is 2. The van der Waals surface area contributed by atoms with Crippen LogP contribution in [0.1, 0.15) is 34.1 Å². The first-order valence-corrected chi connectivity index (χ1v) is 7.18. The lowest BCUT2D eigenvalue weighted by molar-refractivity contribution is -0.196. The van der Waals surface area contributed by atoms with E-state index >= 15 is 0 Å². The van der Waals surface area contributed by atoms with Crippen LogP contribution in [0.2, 0.25) is 0 Å². The smallest absolute Gasteiger partial charge is 0.285 e. The van der Waals surface area contributed by atoms with Gasteiger partial charge in [0.05, 0.1) is 24.3 Å². The minimum atomic E-state index is -0.387. The van der Waals surface area contributed by atoms with Crippen LogP contribution in [-0.2, 0) is 9.57 Å². The number of benzene rings is 1. The van der Waals surface area contributed by atoms with Gasteiger partial charge in [-0.1, -0.05) is 19.1 Å². The summed E-state index contributed by atoms with van der Waals surface area (Å²) in [5, 5.41) is 0.897. The van der Waals surface area contributed by atoms with Gasteiger partial charge in [-0.2, -0.15) is 0 Å². The lowest BCUT2D eigenvalue weighted by Crippen LogP contribution is -2.48. The lowest BCUT2D eigenvalue weighted by Gasteiger charge is -2.34. The predicted molar refractivity (Wildman–Crippen MR) is 74.5 cm³/mol. The first-order valence-electron chi connectivity index (χ1n) is 7.18. The van der Waals surface area contributed by atoms with Crippen molar-refractivity contribution < 1.29 is 19.2 Å². The molecule has 1 saturated heterocycles. The van der Waals surface area contributed by atoms with Crippen molar-refractivity contribution in [1.82, 2.24) is 9.96 Å². The number of hydrogen-bond acceptors (Lipinski definition) is 5. The first-order chi connectivity index (χ1) is 10.2. The Bertz CT molecular complexity index is 519. The number of hydrogen-bond donors (Lipinski definition) is 0. The highest BCUT2D eigenvalue weighted by molar-refractivity contribution is 6.20. The van der Waals surface area contributed by atoms with Gasteiger partial charge in [-0.3, -0.25) is 14.5 Å². The number of imide groups is 1. The molecule has 6 nitrogen and oxygen atoms in total. The average Bonchev–Trinajstić information content (AvgIpc) is 2.78. The van der Waals surface area contributed by atoms with Crippen LogP contribution in [0, 0.1) is 0 Å². The zero-order valence-corrected chi connectivity index (χ0v) is 11.9. The maximum absolute atomic E-state index is 12.3. The van der Waals surface area contributed by atoms with E-state index in [9.17, 15) is 9.59 Å². The van der Waals surface area contributed by atoms with E-state index < -0.39 is 0 Å². The van der Waals surface area contributed by atoms with Gasteiger partial charge in [-0.05, 0) is 18.6 Å². The highest BCUT2D eigenvalue weighted by Crippen LogP contribution is 2.24. The number of ether oxygens (including phenoxy) is 1. The summed E-state index contributed by atoms with van der Waals surface area (Å²) in [7, 11) is 0. The molecule has 2 heterocycles. The van der Waals surface area contributed by atoms with Gasteiger partial charge in [0.2, 0.25) is 0 Å². The van der Waals surface area contributed by atoms with Crippen LogP contribution in [0.25, 0.3) is 0 Å². The molecule has 0 spiro atoms. The van der Waals surface area contributed by atoms with Gasteiger partial charge in [0.15, 0.2) is 0 Å². The molecule has 0 saturated carbocycles. The molecule has 0 aromatic heterocycles. The number of carbonyl (C=O) groups is 2. The number of rotatable bonds is 4. The Balaban J connectivity index is 1.75. The second-order valence-electron chi connectivity index (χ2n) is 5.07. The zero-order valence-electron chi connectivity index (χ0n) is 11.9. The van der Waals surface area contributed by atoms with Crippen molar-refractivity contribution in [2.45, 2.75) is 19.6 Å². The van der Waals surface area contributed by atoms with E-state index in [1.54, 1.807) is 24.3 Å². The van der Waals surface area contributed by atoms with Crippen LogP contribution in [0.4, 0.5) is 0 Å². The molecule has 3 rings (SSSR count). The maximum Gasteiger partial charge on any atom is 0.285 e. The number of morpholine rings is 1. The Labute approximate surface area is 123 Å². The molecule has 0 N–H and O–H groups in total. The molecule has 2 amide bonds. The normalized spacial score (nSPS) is 20.7. The van der Waals surface area contributed by atoms with Crippen molar-refractivity contribution in [2.75, 3.05) is 26.3 Å². The molecule has 0 bridgehead atoms. The minimum absolute atomic E-state index is 0.295. The van der Waals surface area contributed by atoms with Crippen LogP contribution in [0.15, 0.2) is 24.3 Å². The van der Waals surface area contributed by atoms with E-state index in [2.05, 4.69) is 4.90 Å². The summed E-state index contributed by atoms with van der Waals surface area (Å²) >= 11 is 0. The van der Waals surface area contributed by atoms with Gasteiger partial charge in [0.25, 0.3) is 11.8 Å².